The molecule has 0 atom stereocenters. The molecule has 3 N–H and O–H groups in total. The summed E-state index contributed by atoms with van der Waals surface area (Å²) in [5.41, 5.74) is 4.73. The Labute approximate surface area is 195 Å². The number of fused-ring (bicyclic) bond motifs is 1. The van der Waals surface area contributed by atoms with Gasteiger partial charge in [0, 0.05) is 34.4 Å². The molecule has 0 bridgehead atoms. The molecule has 5 aromatic rings. The van der Waals surface area contributed by atoms with Crippen molar-refractivity contribution >= 4 is 28.3 Å². The van der Waals surface area contributed by atoms with Crippen molar-refractivity contribution in [3.63, 3.8) is 0 Å². The van der Waals surface area contributed by atoms with Crippen LogP contribution in [0.25, 0.3) is 22.3 Å². The average Bonchev–Trinajstić information content (AvgIpc) is 3.51. The van der Waals surface area contributed by atoms with Gasteiger partial charge < -0.3 is 19.8 Å². The molecular formula is C27H22N4O3. The summed E-state index contributed by atoms with van der Waals surface area (Å²) in [4.78, 5) is 27.4. The van der Waals surface area contributed by atoms with Crippen molar-refractivity contribution in [2.45, 2.75) is 6.92 Å². The van der Waals surface area contributed by atoms with Gasteiger partial charge in [-0.25, -0.2) is 14.8 Å². The van der Waals surface area contributed by atoms with Gasteiger partial charge in [0.2, 0.25) is 0 Å². The van der Waals surface area contributed by atoms with E-state index >= 15 is 0 Å². The maximum absolute atomic E-state index is 12.2. The van der Waals surface area contributed by atoms with Gasteiger partial charge in [-0.3, -0.25) is 0 Å². The predicted molar refractivity (Wildman–Crippen MR) is 132 cm³/mol. The van der Waals surface area contributed by atoms with Gasteiger partial charge >= 0.3 is 5.97 Å². The molecular weight excluding hydrogens is 428 g/mol. The van der Waals surface area contributed by atoms with Crippen LogP contribution in [0.2, 0.25) is 0 Å². The van der Waals surface area contributed by atoms with E-state index in [-0.39, 0.29) is 5.88 Å². The van der Waals surface area contributed by atoms with E-state index in [1.54, 1.807) is 37.5 Å². The molecule has 0 saturated heterocycles. The lowest BCUT2D eigenvalue weighted by Gasteiger charge is -2.08. The zero-order chi connectivity index (χ0) is 23.5. The van der Waals surface area contributed by atoms with Crippen LogP contribution in [-0.2, 0) is 4.74 Å². The number of hydrogen-bond donors (Lipinski definition) is 3. The summed E-state index contributed by atoms with van der Waals surface area (Å²) in [7, 11) is 0. The van der Waals surface area contributed by atoms with Crippen molar-refractivity contribution in [2.75, 3.05) is 6.61 Å². The second-order valence-electron chi connectivity index (χ2n) is 7.64. The largest absolute Gasteiger partial charge is 0.494 e. The van der Waals surface area contributed by atoms with E-state index in [9.17, 15) is 9.90 Å². The van der Waals surface area contributed by atoms with Crippen molar-refractivity contribution in [1.82, 2.24) is 15.0 Å². The number of esters is 1. The monoisotopic (exact) mass is 450 g/mol. The maximum Gasteiger partial charge on any atom is 0.338 e. The van der Waals surface area contributed by atoms with Crippen molar-refractivity contribution < 1.29 is 14.6 Å². The quantitative estimate of drug-likeness (QED) is 0.231. The molecule has 0 radical (unpaired) electrons. The Balaban J connectivity index is 1.62. The first kappa shape index (κ1) is 21.2. The third kappa shape index (κ3) is 4.06. The molecule has 0 spiro atoms. The van der Waals surface area contributed by atoms with Gasteiger partial charge in [0.05, 0.1) is 29.1 Å². The first-order chi connectivity index (χ1) is 16.6. The minimum atomic E-state index is -0.409. The van der Waals surface area contributed by atoms with E-state index in [0.717, 1.165) is 28.0 Å². The van der Waals surface area contributed by atoms with Crippen molar-refractivity contribution in [2.24, 2.45) is 4.99 Å². The Kier molecular flexibility index (Phi) is 5.66. The van der Waals surface area contributed by atoms with E-state index < -0.39 is 5.97 Å². The molecule has 0 aliphatic rings. The van der Waals surface area contributed by atoms with Crippen LogP contribution in [0, 0.1) is 0 Å². The molecule has 7 heteroatoms. The van der Waals surface area contributed by atoms with Crippen LogP contribution < -0.4 is 0 Å². The number of nitrogens with zero attached hydrogens (tertiary/aromatic N) is 2. The molecule has 168 valence electrons. The Morgan fingerprint density at radius 3 is 2.53 bits per heavy atom. The lowest BCUT2D eigenvalue weighted by Crippen LogP contribution is -2.05. The number of hydrogen-bond acceptors (Lipinski definition) is 5. The molecule has 0 amide bonds. The molecule has 7 nitrogen and oxygen atoms in total. The Morgan fingerprint density at radius 1 is 1.03 bits per heavy atom. The number of imidazole rings is 1. The summed E-state index contributed by atoms with van der Waals surface area (Å²) in [5, 5.41) is 11.6. The van der Waals surface area contributed by atoms with Crippen molar-refractivity contribution in [3.05, 3.63) is 102 Å². The zero-order valence-corrected chi connectivity index (χ0v) is 18.4. The van der Waals surface area contributed by atoms with Gasteiger partial charge in [-0.15, -0.1) is 0 Å². The van der Waals surface area contributed by atoms with Gasteiger partial charge in [-0.05, 0) is 43.3 Å². The second kappa shape index (κ2) is 9.07. The summed E-state index contributed by atoms with van der Waals surface area (Å²) >= 11 is 0. The number of carbonyl (C=O) groups is 1. The highest BCUT2D eigenvalue weighted by Crippen LogP contribution is 2.32. The summed E-state index contributed by atoms with van der Waals surface area (Å²) < 4.78 is 5.10. The fourth-order valence-corrected chi connectivity index (χ4v) is 3.87. The van der Waals surface area contributed by atoms with Crippen molar-refractivity contribution in [1.29, 1.82) is 0 Å². The molecule has 3 aromatic carbocycles. The Morgan fingerprint density at radius 2 is 1.82 bits per heavy atom. The summed E-state index contributed by atoms with van der Waals surface area (Å²) in [6.07, 6.45) is 3.49. The van der Waals surface area contributed by atoms with E-state index in [0.29, 0.717) is 29.0 Å². The minimum absolute atomic E-state index is 0.0224. The highest BCUT2D eigenvalue weighted by atomic mass is 16.5. The molecule has 0 fully saturated rings. The number of aromatic nitrogens is 3. The number of ether oxygens (including phenoxy) is 1. The second-order valence-corrected chi connectivity index (χ2v) is 7.64. The number of aliphatic imine (C=N–C) groups is 1. The SMILES string of the molecule is CCOC(=O)c1ccc2c(C(=Nc3ccc(-c4ncc[nH]4)cc3)c3ccccc3)c(O)[nH]c2c1. The van der Waals surface area contributed by atoms with Gasteiger partial charge in [0.1, 0.15) is 5.82 Å². The first-order valence-electron chi connectivity index (χ1n) is 10.9. The number of nitrogens with one attached hydrogen (secondary N) is 2. The number of H-pyrrole nitrogens is 2. The standard InChI is InChI=1S/C27H22N4O3/c1-2-34-27(33)19-10-13-21-22(16-19)31-26(32)23(21)24(17-6-4-3-5-7-17)30-20-11-8-18(9-12-20)25-28-14-15-29-25/h3-16,31-32H,2H2,1H3,(H,28,29). The van der Waals surface area contributed by atoms with Crippen LogP contribution in [0.5, 0.6) is 5.88 Å². The maximum atomic E-state index is 12.2. The number of aromatic amines is 2. The highest BCUT2D eigenvalue weighted by molar-refractivity contribution is 6.22. The topological polar surface area (TPSA) is 103 Å². The molecule has 34 heavy (non-hydrogen) atoms. The van der Waals surface area contributed by atoms with Crippen LogP contribution in [0.1, 0.15) is 28.4 Å². The minimum Gasteiger partial charge on any atom is -0.494 e. The van der Waals surface area contributed by atoms with Crippen LogP contribution in [0.15, 0.2) is 90.2 Å². The lowest BCUT2D eigenvalue weighted by molar-refractivity contribution is 0.0526. The van der Waals surface area contributed by atoms with Gasteiger partial charge in [-0.2, -0.15) is 0 Å². The number of benzene rings is 3. The molecule has 0 aliphatic heterocycles. The third-order valence-corrected chi connectivity index (χ3v) is 5.45. The fraction of sp³-hybridized carbons (Fsp3) is 0.0741. The first-order valence-corrected chi connectivity index (χ1v) is 10.9. The summed E-state index contributed by atoms with van der Waals surface area (Å²) in [6, 6.07) is 22.5. The third-order valence-electron chi connectivity index (χ3n) is 5.45. The number of aromatic hydroxyl groups is 1. The average molecular weight is 450 g/mol. The fourth-order valence-electron chi connectivity index (χ4n) is 3.87. The Hall–Kier alpha value is -4.65. The van der Waals surface area contributed by atoms with Crippen molar-refractivity contribution in [3.8, 4) is 17.3 Å². The lowest BCUT2D eigenvalue weighted by atomic mass is 10.00. The molecule has 0 aliphatic carbocycles. The number of rotatable bonds is 6. The van der Waals surface area contributed by atoms with Gasteiger partial charge in [0.25, 0.3) is 0 Å². The van der Waals surface area contributed by atoms with E-state index in [4.69, 9.17) is 9.73 Å². The highest BCUT2D eigenvalue weighted by Gasteiger charge is 2.20. The van der Waals surface area contributed by atoms with Crippen LogP contribution in [0.3, 0.4) is 0 Å². The van der Waals surface area contributed by atoms with E-state index in [2.05, 4.69) is 15.0 Å². The van der Waals surface area contributed by atoms with E-state index in [1.165, 1.54) is 0 Å². The molecule has 2 heterocycles. The molecule has 0 unspecified atom stereocenters. The normalized spacial score (nSPS) is 11.6. The number of carbonyl (C=O) groups excluding carboxylic acids is 1. The summed E-state index contributed by atoms with van der Waals surface area (Å²) in [5.74, 6) is 0.352. The zero-order valence-electron chi connectivity index (χ0n) is 18.4. The van der Waals surface area contributed by atoms with Crippen LogP contribution >= 0.6 is 0 Å². The van der Waals surface area contributed by atoms with Gasteiger partial charge in [0.15, 0.2) is 5.88 Å². The van der Waals surface area contributed by atoms with E-state index in [1.807, 2.05) is 54.6 Å². The molecule has 0 saturated carbocycles. The van der Waals surface area contributed by atoms with Crippen LogP contribution in [-0.4, -0.2) is 38.3 Å². The smallest absolute Gasteiger partial charge is 0.338 e. The van der Waals surface area contributed by atoms with Gasteiger partial charge in [-0.1, -0.05) is 36.4 Å². The molecule has 5 rings (SSSR count). The van der Waals surface area contributed by atoms with Crippen LogP contribution in [0.4, 0.5) is 5.69 Å². The molecule has 2 aromatic heterocycles. The summed E-state index contributed by atoms with van der Waals surface area (Å²) in [6.45, 7) is 2.06. The predicted octanol–water partition coefficient (Wildman–Crippen LogP) is 5.61. The Bertz CT molecular complexity index is 1470.